The highest BCUT2D eigenvalue weighted by Gasteiger charge is 2.32. The number of hydrogen-bond donors (Lipinski definition) is 1. The van der Waals surface area contributed by atoms with E-state index < -0.39 is 12.0 Å². The zero-order valence-electron chi connectivity index (χ0n) is 12.0. The van der Waals surface area contributed by atoms with Crippen molar-refractivity contribution in [3.8, 4) is 0 Å². The SMILES string of the molecule is O=C(O)[C@@H]1COCCN1C(=O)CCCCCc1cccs1. The predicted molar refractivity (Wildman–Crippen MR) is 80.4 cm³/mol. The highest BCUT2D eigenvalue weighted by molar-refractivity contribution is 7.09. The molecular formula is C15H21NO4S. The van der Waals surface area contributed by atoms with Crippen LogP contribution in [0.2, 0.25) is 0 Å². The number of ether oxygens (including phenoxy) is 1. The molecule has 1 aromatic heterocycles. The summed E-state index contributed by atoms with van der Waals surface area (Å²) in [6.45, 7) is 0.901. The summed E-state index contributed by atoms with van der Waals surface area (Å²) in [5.74, 6) is -1.05. The van der Waals surface area contributed by atoms with Gasteiger partial charge in [-0.25, -0.2) is 4.79 Å². The van der Waals surface area contributed by atoms with Crippen LogP contribution in [0.3, 0.4) is 0 Å². The van der Waals surface area contributed by atoms with Crippen LogP contribution >= 0.6 is 11.3 Å². The van der Waals surface area contributed by atoms with Crippen molar-refractivity contribution in [1.29, 1.82) is 0 Å². The van der Waals surface area contributed by atoms with Gasteiger partial charge >= 0.3 is 5.97 Å². The Kier molecular flexibility index (Phi) is 6.20. The predicted octanol–water partition coefficient (Wildman–Crippen LogP) is 2.16. The Bertz CT molecular complexity index is 460. The molecule has 1 atom stereocenters. The number of amides is 1. The van der Waals surface area contributed by atoms with Crippen LogP contribution < -0.4 is 0 Å². The van der Waals surface area contributed by atoms with Gasteiger partial charge in [0.25, 0.3) is 0 Å². The van der Waals surface area contributed by atoms with Gasteiger partial charge in [0.15, 0.2) is 6.04 Å². The van der Waals surface area contributed by atoms with Crippen molar-refractivity contribution in [3.63, 3.8) is 0 Å². The van der Waals surface area contributed by atoms with Crippen LogP contribution in [0.25, 0.3) is 0 Å². The summed E-state index contributed by atoms with van der Waals surface area (Å²) in [6, 6.07) is 3.35. The van der Waals surface area contributed by atoms with Crippen molar-refractivity contribution in [2.45, 2.75) is 38.1 Å². The van der Waals surface area contributed by atoms with Gasteiger partial charge in [0, 0.05) is 17.8 Å². The van der Waals surface area contributed by atoms with Crippen LogP contribution in [-0.4, -0.2) is 47.7 Å². The molecule has 1 fully saturated rings. The standard InChI is InChI=1S/C15H21NO4S/c17-14(16-8-9-20-11-13(16)15(18)19)7-3-1-2-5-12-6-4-10-21-12/h4,6,10,13H,1-3,5,7-9,11H2,(H,18,19)/t13-/m0/s1. The highest BCUT2D eigenvalue weighted by atomic mass is 32.1. The number of unbranched alkanes of at least 4 members (excludes halogenated alkanes) is 2. The summed E-state index contributed by atoms with van der Waals surface area (Å²) in [5, 5.41) is 11.2. The first-order valence-electron chi connectivity index (χ1n) is 7.31. The monoisotopic (exact) mass is 311 g/mol. The maximum Gasteiger partial charge on any atom is 0.328 e. The van der Waals surface area contributed by atoms with E-state index in [-0.39, 0.29) is 12.5 Å². The highest BCUT2D eigenvalue weighted by Crippen LogP contribution is 2.15. The second-order valence-electron chi connectivity index (χ2n) is 5.16. The quantitative estimate of drug-likeness (QED) is 0.784. The third-order valence-electron chi connectivity index (χ3n) is 3.63. The lowest BCUT2D eigenvalue weighted by molar-refractivity contribution is -0.158. The molecule has 2 rings (SSSR count). The molecule has 0 spiro atoms. The molecule has 0 aromatic carbocycles. The molecular weight excluding hydrogens is 290 g/mol. The van der Waals surface area contributed by atoms with Crippen LogP contribution in [0.5, 0.6) is 0 Å². The molecule has 0 saturated carbocycles. The Labute approximate surface area is 128 Å². The molecule has 1 N–H and O–H groups in total. The van der Waals surface area contributed by atoms with E-state index in [0.717, 1.165) is 25.7 Å². The normalized spacial score (nSPS) is 18.7. The van der Waals surface area contributed by atoms with E-state index in [1.165, 1.54) is 9.78 Å². The number of rotatable bonds is 7. The Morgan fingerprint density at radius 2 is 2.24 bits per heavy atom. The van der Waals surface area contributed by atoms with Crippen LogP contribution in [0.15, 0.2) is 17.5 Å². The number of nitrogens with zero attached hydrogens (tertiary/aromatic N) is 1. The molecule has 21 heavy (non-hydrogen) atoms. The fourth-order valence-corrected chi connectivity index (χ4v) is 3.21. The van der Waals surface area contributed by atoms with Gasteiger partial charge in [0.05, 0.1) is 13.2 Å². The second kappa shape index (κ2) is 8.14. The van der Waals surface area contributed by atoms with Crippen molar-refractivity contribution >= 4 is 23.2 Å². The summed E-state index contributed by atoms with van der Waals surface area (Å²) in [5.41, 5.74) is 0. The summed E-state index contributed by atoms with van der Waals surface area (Å²) >= 11 is 1.76. The lowest BCUT2D eigenvalue weighted by Crippen LogP contribution is -2.52. The minimum absolute atomic E-state index is 0.0678. The van der Waals surface area contributed by atoms with Crippen LogP contribution in [-0.2, 0) is 20.7 Å². The number of carbonyl (C=O) groups excluding carboxylic acids is 1. The first-order chi connectivity index (χ1) is 10.2. The van der Waals surface area contributed by atoms with Gasteiger partial charge < -0.3 is 14.7 Å². The average molecular weight is 311 g/mol. The van der Waals surface area contributed by atoms with Crippen LogP contribution in [0.4, 0.5) is 0 Å². The molecule has 1 saturated heterocycles. The van der Waals surface area contributed by atoms with E-state index in [1.807, 2.05) is 6.07 Å². The molecule has 116 valence electrons. The van der Waals surface area contributed by atoms with Crippen molar-refractivity contribution in [2.75, 3.05) is 19.8 Å². The lowest BCUT2D eigenvalue weighted by atomic mass is 10.1. The van der Waals surface area contributed by atoms with E-state index in [1.54, 1.807) is 11.3 Å². The van der Waals surface area contributed by atoms with Crippen molar-refractivity contribution in [2.24, 2.45) is 0 Å². The number of aryl methyl sites for hydroxylation is 1. The molecule has 0 unspecified atom stereocenters. The third kappa shape index (κ3) is 4.82. The molecule has 0 aliphatic carbocycles. The smallest absolute Gasteiger partial charge is 0.328 e. The zero-order chi connectivity index (χ0) is 15.1. The summed E-state index contributed by atoms with van der Waals surface area (Å²) < 4.78 is 5.13. The lowest BCUT2D eigenvalue weighted by Gasteiger charge is -2.32. The van der Waals surface area contributed by atoms with Crippen molar-refractivity contribution in [1.82, 2.24) is 4.90 Å². The molecule has 1 aromatic rings. The molecule has 1 aliphatic heterocycles. The third-order valence-corrected chi connectivity index (χ3v) is 4.56. The first kappa shape index (κ1) is 16.0. The topological polar surface area (TPSA) is 66.8 Å². The minimum Gasteiger partial charge on any atom is -0.480 e. The largest absolute Gasteiger partial charge is 0.480 e. The number of aliphatic carboxylic acids is 1. The Morgan fingerprint density at radius 1 is 1.38 bits per heavy atom. The Hall–Kier alpha value is -1.40. The first-order valence-corrected chi connectivity index (χ1v) is 8.19. The van der Waals surface area contributed by atoms with Gasteiger partial charge in [-0.1, -0.05) is 12.5 Å². The van der Waals surface area contributed by atoms with Gasteiger partial charge in [0.1, 0.15) is 0 Å². The van der Waals surface area contributed by atoms with E-state index >= 15 is 0 Å². The van der Waals surface area contributed by atoms with Gasteiger partial charge in [-0.05, 0) is 30.7 Å². The number of carboxylic acid groups (broad SMARTS) is 1. The van der Waals surface area contributed by atoms with E-state index in [2.05, 4.69) is 11.4 Å². The number of thiophene rings is 1. The van der Waals surface area contributed by atoms with E-state index in [4.69, 9.17) is 9.84 Å². The number of morpholine rings is 1. The zero-order valence-corrected chi connectivity index (χ0v) is 12.8. The van der Waals surface area contributed by atoms with E-state index in [9.17, 15) is 9.59 Å². The van der Waals surface area contributed by atoms with Crippen LogP contribution in [0.1, 0.15) is 30.6 Å². The molecule has 1 aliphatic rings. The van der Waals surface area contributed by atoms with Crippen LogP contribution in [0, 0.1) is 0 Å². The van der Waals surface area contributed by atoms with Gasteiger partial charge in [0.2, 0.25) is 5.91 Å². The van der Waals surface area contributed by atoms with Gasteiger partial charge in [-0.3, -0.25) is 4.79 Å². The molecule has 1 amide bonds. The summed E-state index contributed by atoms with van der Waals surface area (Å²) in [6.07, 6.45) is 4.36. The van der Waals surface area contributed by atoms with E-state index in [0.29, 0.717) is 19.6 Å². The maximum atomic E-state index is 12.1. The molecule has 6 heteroatoms. The van der Waals surface area contributed by atoms with Crippen molar-refractivity contribution in [3.05, 3.63) is 22.4 Å². The molecule has 5 nitrogen and oxygen atoms in total. The number of carbonyl (C=O) groups is 2. The number of carboxylic acids is 1. The van der Waals surface area contributed by atoms with Gasteiger partial charge in [-0.15, -0.1) is 11.3 Å². The average Bonchev–Trinajstić information content (AvgIpc) is 3.00. The molecule has 0 radical (unpaired) electrons. The fraction of sp³-hybridized carbons (Fsp3) is 0.600. The summed E-state index contributed by atoms with van der Waals surface area (Å²) in [7, 11) is 0. The fourth-order valence-electron chi connectivity index (χ4n) is 2.46. The minimum atomic E-state index is -0.985. The number of hydrogen-bond acceptors (Lipinski definition) is 4. The molecule has 2 heterocycles. The maximum absolute atomic E-state index is 12.1. The van der Waals surface area contributed by atoms with Gasteiger partial charge in [-0.2, -0.15) is 0 Å². The summed E-state index contributed by atoms with van der Waals surface area (Å²) in [4.78, 5) is 26.0. The molecule has 0 bridgehead atoms. The van der Waals surface area contributed by atoms with Crippen molar-refractivity contribution < 1.29 is 19.4 Å². The second-order valence-corrected chi connectivity index (χ2v) is 6.19. The Balaban J connectivity index is 1.67. The Morgan fingerprint density at radius 3 is 2.95 bits per heavy atom.